The monoisotopic (exact) mass is 397 g/mol. The number of aryl methyl sites for hydroxylation is 1. The van der Waals surface area contributed by atoms with Gasteiger partial charge in [-0.2, -0.15) is 4.31 Å². The molecule has 0 aromatic heterocycles. The minimum atomic E-state index is -3.58. The number of amides is 1. The molecule has 8 heteroatoms. The molecule has 1 N–H and O–H groups in total. The molecule has 0 bridgehead atoms. The highest BCUT2D eigenvalue weighted by Gasteiger charge is 2.27. The third-order valence-electron chi connectivity index (χ3n) is 4.98. The van der Waals surface area contributed by atoms with E-state index in [1.165, 1.54) is 4.31 Å². The molecule has 2 atom stereocenters. The van der Waals surface area contributed by atoms with Gasteiger partial charge in [0.1, 0.15) is 0 Å². The normalized spacial score (nSPS) is 19.9. The van der Waals surface area contributed by atoms with Crippen LogP contribution in [0.1, 0.15) is 33.3 Å². The van der Waals surface area contributed by atoms with Crippen LogP contribution in [0.4, 0.5) is 5.69 Å². The molecule has 0 aliphatic carbocycles. The van der Waals surface area contributed by atoms with Crippen molar-refractivity contribution in [1.29, 1.82) is 0 Å². The van der Waals surface area contributed by atoms with Crippen molar-refractivity contribution in [2.75, 3.05) is 38.1 Å². The molecule has 0 unspecified atom stereocenters. The second kappa shape index (κ2) is 9.14. The van der Waals surface area contributed by atoms with Crippen molar-refractivity contribution in [3.8, 4) is 0 Å². The Bertz CT molecular complexity index is 762. The van der Waals surface area contributed by atoms with E-state index < -0.39 is 10.0 Å². The van der Waals surface area contributed by atoms with Crippen molar-refractivity contribution in [2.24, 2.45) is 0 Å². The van der Waals surface area contributed by atoms with Gasteiger partial charge < -0.3 is 10.1 Å². The molecule has 1 aliphatic rings. The molecular weight excluding hydrogens is 366 g/mol. The number of nitrogens with zero attached hydrogens (tertiary/aromatic N) is 2. The van der Waals surface area contributed by atoms with E-state index in [9.17, 15) is 13.2 Å². The van der Waals surface area contributed by atoms with E-state index in [0.717, 1.165) is 0 Å². The topological polar surface area (TPSA) is 79.0 Å². The number of hydrogen-bond donors (Lipinski definition) is 1. The first-order chi connectivity index (χ1) is 12.7. The maximum atomic E-state index is 12.9. The largest absolute Gasteiger partial charge is 0.376 e. The number of rotatable bonds is 7. The molecule has 27 heavy (non-hydrogen) atoms. The molecule has 1 fully saturated rings. The van der Waals surface area contributed by atoms with Crippen molar-refractivity contribution in [2.45, 2.75) is 51.7 Å². The highest BCUT2D eigenvalue weighted by molar-refractivity contribution is 7.89. The maximum Gasteiger partial charge on any atom is 0.243 e. The molecule has 0 saturated carbocycles. The Morgan fingerprint density at radius 3 is 2.63 bits per heavy atom. The number of carbonyl (C=O) groups excluding carboxylic acids is 1. The van der Waals surface area contributed by atoms with E-state index in [1.54, 1.807) is 25.1 Å². The molecule has 1 saturated heterocycles. The Balaban J connectivity index is 2.19. The molecule has 1 amide bonds. The van der Waals surface area contributed by atoms with Crippen LogP contribution in [0.2, 0.25) is 0 Å². The first-order valence-corrected chi connectivity index (χ1v) is 10.9. The van der Waals surface area contributed by atoms with E-state index in [-0.39, 0.29) is 22.9 Å². The fraction of sp³-hybridized carbons (Fsp3) is 0.632. The maximum absolute atomic E-state index is 12.9. The van der Waals surface area contributed by atoms with E-state index in [2.05, 4.69) is 10.2 Å². The first kappa shape index (κ1) is 21.8. The Kier molecular flexibility index (Phi) is 7.39. The van der Waals surface area contributed by atoms with Crippen LogP contribution in [0.5, 0.6) is 0 Å². The standard InChI is InChI=1S/C19H31N3O4S/c1-6-22(7-2)27(24,25)18-12-17(9-8-14(18)3)20-19(23)16(5)21-10-11-26-15(4)13-21/h8-9,12,15-16H,6-7,10-11,13H2,1-5H3,(H,20,23)/t15-,16-/m1/s1. The number of benzene rings is 1. The van der Waals surface area contributed by atoms with Gasteiger partial charge >= 0.3 is 0 Å². The van der Waals surface area contributed by atoms with Gasteiger partial charge in [-0.3, -0.25) is 9.69 Å². The van der Waals surface area contributed by atoms with Crippen LogP contribution in [-0.2, 0) is 19.6 Å². The summed E-state index contributed by atoms with van der Waals surface area (Å²) in [7, 11) is -3.58. The number of hydrogen-bond acceptors (Lipinski definition) is 5. The minimum Gasteiger partial charge on any atom is -0.376 e. The van der Waals surface area contributed by atoms with Gasteiger partial charge in [-0.05, 0) is 38.5 Å². The Labute approximate surface area is 162 Å². The second-order valence-electron chi connectivity index (χ2n) is 6.91. The smallest absolute Gasteiger partial charge is 0.243 e. The summed E-state index contributed by atoms with van der Waals surface area (Å²) in [5.74, 6) is -0.154. The summed E-state index contributed by atoms with van der Waals surface area (Å²) >= 11 is 0. The summed E-state index contributed by atoms with van der Waals surface area (Å²) in [6.45, 7) is 12.0. The van der Waals surface area contributed by atoms with E-state index in [1.807, 2.05) is 27.7 Å². The van der Waals surface area contributed by atoms with Gasteiger partial charge in [0.2, 0.25) is 15.9 Å². The molecule has 0 radical (unpaired) electrons. The van der Waals surface area contributed by atoms with Gasteiger partial charge in [-0.25, -0.2) is 8.42 Å². The number of nitrogens with one attached hydrogen (secondary N) is 1. The first-order valence-electron chi connectivity index (χ1n) is 9.48. The van der Waals surface area contributed by atoms with Crippen LogP contribution in [-0.4, -0.2) is 68.5 Å². The fourth-order valence-electron chi connectivity index (χ4n) is 3.27. The summed E-state index contributed by atoms with van der Waals surface area (Å²) in [5.41, 5.74) is 1.15. The van der Waals surface area contributed by atoms with Crippen LogP contribution in [0.25, 0.3) is 0 Å². The summed E-state index contributed by atoms with van der Waals surface area (Å²) in [5, 5.41) is 2.86. The van der Waals surface area contributed by atoms with Gasteiger partial charge in [0.25, 0.3) is 0 Å². The van der Waals surface area contributed by atoms with Gasteiger partial charge in [0.05, 0.1) is 23.6 Å². The summed E-state index contributed by atoms with van der Waals surface area (Å²) in [6, 6.07) is 4.70. The lowest BCUT2D eigenvalue weighted by Gasteiger charge is -2.34. The third-order valence-corrected chi connectivity index (χ3v) is 7.17. The van der Waals surface area contributed by atoms with Crippen molar-refractivity contribution in [3.05, 3.63) is 23.8 Å². The minimum absolute atomic E-state index is 0.0965. The second-order valence-corrected chi connectivity index (χ2v) is 8.82. The van der Waals surface area contributed by atoms with Crippen molar-refractivity contribution < 1.29 is 17.9 Å². The number of sulfonamides is 1. The third kappa shape index (κ3) is 5.07. The van der Waals surface area contributed by atoms with Gasteiger partial charge in [0, 0.05) is 31.9 Å². The molecule has 1 heterocycles. The quantitative estimate of drug-likeness (QED) is 0.762. The molecule has 1 aromatic carbocycles. The zero-order valence-corrected chi connectivity index (χ0v) is 17.7. The SMILES string of the molecule is CCN(CC)S(=O)(=O)c1cc(NC(=O)[C@@H](C)N2CCO[C@H](C)C2)ccc1C. The predicted octanol–water partition coefficient (Wildman–Crippen LogP) is 2.07. The molecule has 2 rings (SSSR count). The van der Waals surface area contributed by atoms with Crippen molar-refractivity contribution >= 4 is 21.6 Å². The van der Waals surface area contributed by atoms with Crippen LogP contribution in [0.15, 0.2) is 23.1 Å². The molecule has 7 nitrogen and oxygen atoms in total. The number of morpholine rings is 1. The van der Waals surface area contributed by atoms with Gasteiger partial charge in [-0.15, -0.1) is 0 Å². The molecular formula is C19H31N3O4S. The van der Waals surface area contributed by atoms with E-state index in [4.69, 9.17) is 4.74 Å². The lowest BCUT2D eigenvalue weighted by Crippen LogP contribution is -2.50. The van der Waals surface area contributed by atoms with Crippen molar-refractivity contribution in [3.63, 3.8) is 0 Å². The highest BCUT2D eigenvalue weighted by atomic mass is 32.2. The Morgan fingerprint density at radius 2 is 2.04 bits per heavy atom. The predicted molar refractivity (Wildman–Crippen MR) is 106 cm³/mol. The van der Waals surface area contributed by atoms with Crippen LogP contribution >= 0.6 is 0 Å². The van der Waals surface area contributed by atoms with E-state index in [0.29, 0.717) is 44.0 Å². The van der Waals surface area contributed by atoms with Crippen LogP contribution < -0.4 is 5.32 Å². The molecule has 0 spiro atoms. The Morgan fingerprint density at radius 1 is 1.37 bits per heavy atom. The summed E-state index contributed by atoms with van der Waals surface area (Å²) < 4.78 is 32.7. The Hall–Kier alpha value is -1.48. The lowest BCUT2D eigenvalue weighted by molar-refractivity contribution is -0.123. The summed E-state index contributed by atoms with van der Waals surface area (Å²) in [4.78, 5) is 15.0. The number of carbonyl (C=O) groups is 1. The highest BCUT2D eigenvalue weighted by Crippen LogP contribution is 2.24. The van der Waals surface area contributed by atoms with Gasteiger partial charge in [0.15, 0.2) is 0 Å². The van der Waals surface area contributed by atoms with Gasteiger partial charge in [-0.1, -0.05) is 19.9 Å². The lowest BCUT2D eigenvalue weighted by atomic mass is 10.2. The van der Waals surface area contributed by atoms with Crippen molar-refractivity contribution in [1.82, 2.24) is 9.21 Å². The number of anilines is 1. The van der Waals surface area contributed by atoms with E-state index >= 15 is 0 Å². The van der Waals surface area contributed by atoms with Crippen LogP contribution in [0.3, 0.4) is 0 Å². The molecule has 1 aromatic rings. The average Bonchev–Trinajstić information content (AvgIpc) is 2.63. The zero-order chi connectivity index (χ0) is 20.2. The zero-order valence-electron chi connectivity index (χ0n) is 16.9. The molecule has 1 aliphatic heterocycles. The summed E-state index contributed by atoms with van der Waals surface area (Å²) in [6.07, 6.45) is 0.0965. The average molecular weight is 398 g/mol. The fourth-order valence-corrected chi connectivity index (χ4v) is 4.98. The molecule has 152 valence electrons. The number of ether oxygens (including phenoxy) is 1. The van der Waals surface area contributed by atoms with Crippen LogP contribution in [0, 0.1) is 6.92 Å².